The van der Waals surface area contributed by atoms with E-state index in [0.717, 1.165) is 40.4 Å². The Morgan fingerprint density at radius 2 is 2.19 bits per heavy atom. The Bertz CT molecular complexity index is 810. The van der Waals surface area contributed by atoms with Gasteiger partial charge in [-0.25, -0.2) is 4.98 Å². The molecule has 0 fully saturated rings. The number of oxazole rings is 1. The van der Waals surface area contributed by atoms with Gasteiger partial charge in [-0.1, -0.05) is 6.07 Å². The van der Waals surface area contributed by atoms with Crippen LogP contribution in [0.1, 0.15) is 0 Å². The predicted octanol–water partition coefficient (Wildman–Crippen LogP) is 3.31. The first-order chi connectivity index (χ1) is 10.3. The Kier molecular flexibility index (Phi) is 2.70. The average molecular weight is 282 g/mol. The molecule has 0 amide bonds. The third-order valence-electron chi connectivity index (χ3n) is 3.50. The SMILES string of the molecule is COc1ccc2oc(-c3cccc4c3OCCN4)nc2c1. The maximum absolute atomic E-state index is 5.85. The standard InChI is InChI=1S/C16H14N2O3/c1-19-10-5-6-14-13(9-10)18-16(21-14)11-3-2-4-12-15(11)20-8-7-17-12/h2-6,9,17H,7-8H2,1H3. The number of methoxy groups -OCH3 is 1. The molecule has 106 valence electrons. The van der Waals surface area contributed by atoms with Gasteiger partial charge in [0.15, 0.2) is 11.3 Å². The number of benzene rings is 2. The van der Waals surface area contributed by atoms with E-state index in [0.29, 0.717) is 12.5 Å². The summed E-state index contributed by atoms with van der Waals surface area (Å²) < 4.78 is 16.8. The fraction of sp³-hybridized carbons (Fsp3) is 0.188. The smallest absolute Gasteiger partial charge is 0.231 e. The average Bonchev–Trinajstić information content (AvgIpc) is 2.97. The van der Waals surface area contributed by atoms with Gasteiger partial charge in [-0.05, 0) is 24.3 Å². The number of ether oxygens (including phenoxy) is 2. The van der Waals surface area contributed by atoms with Crippen molar-refractivity contribution >= 4 is 16.8 Å². The molecule has 1 aromatic heterocycles. The topological polar surface area (TPSA) is 56.5 Å². The summed E-state index contributed by atoms with van der Waals surface area (Å²) in [7, 11) is 1.63. The zero-order chi connectivity index (χ0) is 14.2. The lowest BCUT2D eigenvalue weighted by Gasteiger charge is -2.20. The normalized spacial score (nSPS) is 13.4. The molecule has 0 saturated carbocycles. The quantitative estimate of drug-likeness (QED) is 0.781. The number of nitrogens with zero attached hydrogens (tertiary/aromatic N) is 1. The molecule has 2 aromatic carbocycles. The van der Waals surface area contributed by atoms with E-state index in [2.05, 4.69) is 10.3 Å². The molecule has 0 aliphatic carbocycles. The number of hydrogen-bond acceptors (Lipinski definition) is 5. The van der Waals surface area contributed by atoms with Crippen molar-refractivity contribution in [3.05, 3.63) is 36.4 Å². The lowest BCUT2D eigenvalue weighted by atomic mass is 10.1. The summed E-state index contributed by atoms with van der Waals surface area (Å²) in [5.74, 6) is 2.11. The number of anilines is 1. The third-order valence-corrected chi connectivity index (χ3v) is 3.50. The Balaban J connectivity index is 1.86. The predicted molar refractivity (Wildman–Crippen MR) is 80.0 cm³/mol. The molecule has 0 radical (unpaired) electrons. The Labute approximate surface area is 121 Å². The van der Waals surface area contributed by atoms with Crippen LogP contribution in [0.15, 0.2) is 40.8 Å². The minimum Gasteiger partial charge on any atom is -0.497 e. The van der Waals surface area contributed by atoms with Crippen molar-refractivity contribution in [3.63, 3.8) is 0 Å². The van der Waals surface area contributed by atoms with Gasteiger partial charge in [0.05, 0.1) is 18.4 Å². The summed E-state index contributed by atoms with van der Waals surface area (Å²) in [5.41, 5.74) is 3.33. The molecule has 5 nitrogen and oxygen atoms in total. The zero-order valence-corrected chi connectivity index (χ0v) is 11.6. The van der Waals surface area contributed by atoms with Crippen LogP contribution in [-0.2, 0) is 0 Å². The van der Waals surface area contributed by atoms with Crippen LogP contribution in [-0.4, -0.2) is 25.2 Å². The molecule has 21 heavy (non-hydrogen) atoms. The summed E-state index contributed by atoms with van der Waals surface area (Å²) in [4.78, 5) is 4.55. The fourth-order valence-electron chi connectivity index (χ4n) is 2.49. The van der Waals surface area contributed by atoms with Gasteiger partial charge >= 0.3 is 0 Å². The van der Waals surface area contributed by atoms with Crippen LogP contribution < -0.4 is 14.8 Å². The van der Waals surface area contributed by atoms with E-state index in [1.54, 1.807) is 7.11 Å². The van der Waals surface area contributed by atoms with Crippen LogP contribution in [0.4, 0.5) is 5.69 Å². The van der Waals surface area contributed by atoms with Gasteiger partial charge < -0.3 is 19.2 Å². The van der Waals surface area contributed by atoms with Gasteiger partial charge in [-0.15, -0.1) is 0 Å². The van der Waals surface area contributed by atoms with Crippen LogP contribution in [0.3, 0.4) is 0 Å². The van der Waals surface area contributed by atoms with Crippen molar-refractivity contribution in [2.24, 2.45) is 0 Å². The highest BCUT2D eigenvalue weighted by molar-refractivity contribution is 5.81. The largest absolute Gasteiger partial charge is 0.497 e. The molecule has 1 aliphatic heterocycles. The molecule has 2 heterocycles. The molecule has 4 rings (SSSR count). The lowest BCUT2D eigenvalue weighted by molar-refractivity contribution is 0.324. The van der Waals surface area contributed by atoms with E-state index >= 15 is 0 Å². The van der Waals surface area contributed by atoms with Crippen molar-refractivity contribution in [1.82, 2.24) is 4.98 Å². The Morgan fingerprint density at radius 3 is 3.10 bits per heavy atom. The van der Waals surface area contributed by atoms with Gasteiger partial charge in [-0.3, -0.25) is 0 Å². The maximum Gasteiger partial charge on any atom is 0.231 e. The zero-order valence-electron chi connectivity index (χ0n) is 11.6. The minimum absolute atomic E-state index is 0.554. The number of rotatable bonds is 2. The van der Waals surface area contributed by atoms with E-state index in [9.17, 15) is 0 Å². The number of aromatic nitrogens is 1. The second kappa shape index (κ2) is 4.70. The van der Waals surface area contributed by atoms with Crippen LogP contribution in [0, 0.1) is 0 Å². The van der Waals surface area contributed by atoms with Crippen molar-refractivity contribution in [2.45, 2.75) is 0 Å². The first-order valence-electron chi connectivity index (χ1n) is 6.80. The van der Waals surface area contributed by atoms with Crippen molar-refractivity contribution in [1.29, 1.82) is 0 Å². The summed E-state index contributed by atoms with van der Waals surface area (Å²) in [6.07, 6.45) is 0. The molecule has 0 spiro atoms. The van der Waals surface area contributed by atoms with E-state index in [4.69, 9.17) is 13.9 Å². The summed E-state index contributed by atoms with van der Waals surface area (Å²) in [5, 5.41) is 3.31. The van der Waals surface area contributed by atoms with Crippen LogP contribution in [0.25, 0.3) is 22.6 Å². The molecule has 0 atom stereocenters. The fourth-order valence-corrected chi connectivity index (χ4v) is 2.49. The lowest BCUT2D eigenvalue weighted by Crippen LogP contribution is -2.18. The van der Waals surface area contributed by atoms with Crippen molar-refractivity contribution in [3.8, 4) is 23.0 Å². The number of fused-ring (bicyclic) bond motifs is 2. The van der Waals surface area contributed by atoms with Gasteiger partial charge in [-0.2, -0.15) is 0 Å². The molecule has 0 bridgehead atoms. The Morgan fingerprint density at radius 1 is 1.24 bits per heavy atom. The van der Waals surface area contributed by atoms with Gasteiger partial charge in [0.2, 0.25) is 5.89 Å². The van der Waals surface area contributed by atoms with Crippen LogP contribution in [0.5, 0.6) is 11.5 Å². The van der Waals surface area contributed by atoms with E-state index < -0.39 is 0 Å². The summed E-state index contributed by atoms with van der Waals surface area (Å²) in [6.45, 7) is 1.44. The summed E-state index contributed by atoms with van der Waals surface area (Å²) in [6, 6.07) is 11.5. The minimum atomic E-state index is 0.554. The molecular formula is C16H14N2O3. The van der Waals surface area contributed by atoms with Gasteiger partial charge in [0.25, 0.3) is 0 Å². The van der Waals surface area contributed by atoms with E-state index in [1.807, 2.05) is 36.4 Å². The highest BCUT2D eigenvalue weighted by atomic mass is 16.5. The molecule has 1 N–H and O–H groups in total. The Hall–Kier alpha value is -2.69. The van der Waals surface area contributed by atoms with Gasteiger partial charge in [0, 0.05) is 12.6 Å². The summed E-state index contributed by atoms with van der Waals surface area (Å²) >= 11 is 0. The highest BCUT2D eigenvalue weighted by Gasteiger charge is 2.19. The number of hydrogen-bond donors (Lipinski definition) is 1. The number of para-hydroxylation sites is 1. The number of nitrogens with one attached hydrogen (secondary N) is 1. The first kappa shape index (κ1) is 12.1. The molecule has 5 heteroatoms. The monoisotopic (exact) mass is 282 g/mol. The molecule has 3 aromatic rings. The molecule has 1 aliphatic rings. The van der Waals surface area contributed by atoms with Crippen LogP contribution in [0.2, 0.25) is 0 Å². The molecule has 0 saturated heterocycles. The first-order valence-corrected chi connectivity index (χ1v) is 6.80. The van der Waals surface area contributed by atoms with Crippen molar-refractivity contribution in [2.75, 3.05) is 25.6 Å². The second-order valence-corrected chi connectivity index (χ2v) is 4.81. The van der Waals surface area contributed by atoms with Crippen LogP contribution >= 0.6 is 0 Å². The van der Waals surface area contributed by atoms with Gasteiger partial charge in [0.1, 0.15) is 17.9 Å². The van der Waals surface area contributed by atoms with E-state index in [1.165, 1.54) is 0 Å². The van der Waals surface area contributed by atoms with E-state index in [-0.39, 0.29) is 0 Å². The molecule has 0 unspecified atom stereocenters. The van der Waals surface area contributed by atoms with Crippen molar-refractivity contribution < 1.29 is 13.9 Å². The maximum atomic E-state index is 5.85. The highest BCUT2D eigenvalue weighted by Crippen LogP contribution is 2.38. The third kappa shape index (κ3) is 1.98. The molecular weight excluding hydrogens is 268 g/mol. The second-order valence-electron chi connectivity index (χ2n) is 4.81.